The number of thioether (sulfide) groups is 1. The molecule has 1 saturated heterocycles. The molecule has 5 rings (SSSR count). The van der Waals surface area contributed by atoms with E-state index < -0.39 is 0 Å². The topological polar surface area (TPSA) is 118 Å². The molecule has 2 aromatic heterocycles. The molecule has 1 aromatic carbocycles. The van der Waals surface area contributed by atoms with E-state index in [0.717, 1.165) is 34.4 Å². The average Bonchev–Trinajstić information content (AvgIpc) is 3.28. The molecule has 234 valence electrons. The number of ketones is 1. The number of Topliss-reactive ketones (excluding diaryl/α,β-unsaturated/α-hetero) is 1. The van der Waals surface area contributed by atoms with Gasteiger partial charge in [-0.2, -0.15) is 0 Å². The molecule has 3 amide bonds. The molecular weight excluding hydrogens is 611 g/mol. The van der Waals surface area contributed by atoms with Gasteiger partial charge in [0.1, 0.15) is 5.76 Å². The Morgan fingerprint density at radius 2 is 1.96 bits per heavy atom. The molecule has 2 aliphatic heterocycles. The summed E-state index contributed by atoms with van der Waals surface area (Å²) in [6.45, 7) is 6.33. The number of imide groups is 1. The normalized spacial score (nSPS) is 18.4. The first-order chi connectivity index (χ1) is 21.6. The van der Waals surface area contributed by atoms with Crippen molar-refractivity contribution < 1.29 is 23.6 Å². The van der Waals surface area contributed by atoms with Gasteiger partial charge < -0.3 is 13.9 Å². The van der Waals surface area contributed by atoms with Crippen LogP contribution in [0.1, 0.15) is 58.6 Å². The molecular formula is C33H35N5O5S2. The lowest BCUT2D eigenvalue weighted by molar-refractivity contribution is -0.135. The summed E-state index contributed by atoms with van der Waals surface area (Å²) in [5, 5.41) is 1.05. The number of rotatable bonds is 15. The van der Waals surface area contributed by atoms with Crippen molar-refractivity contribution >= 4 is 69.7 Å². The number of aryl methyl sites for hydroxylation is 1. The predicted octanol–water partition coefficient (Wildman–Crippen LogP) is 6.05. The summed E-state index contributed by atoms with van der Waals surface area (Å²) in [4.78, 5) is 62.3. The molecule has 0 saturated carbocycles. The Bertz CT molecular complexity index is 1720. The second-order valence-corrected chi connectivity index (χ2v) is 13.5. The Kier molecular flexibility index (Phi) is 9.99. The molecule has 2 aliphatic rings. The van der Waals surface area contributed by atoms with Crippen LogP contribution in [0, 0.1) is 12.3 Å². The number of aromatic nitrogens is 2. The monoisotopic (exact) mass is 645 g/mol. The first-order valence-electron chi connectivity index (χ1n) is 14.9. The van der Waals surface area contributed by atoms with E-state index in [2.05, 4.69) is 15.5 Å². The lowest BCUT2D eigenvalue weighted by atomic mass is 10.0. The van der Waals surface area contributed by atoms with Gasteiger partial charge in [0.15, 0.2) is 16.0 Å². The van der Waals surface area contributed by atoms with Crippen LogP contribution >= 0.6 is 23.5 Å². The number of fused-ring (bicyclic) bond motifs is 1. The highest BCUT2D eigenvalue weighted by Crippen LogP contribution is 2.36. The Hall–Kier alpha value is -4.08. The van der Waals surface area contributed by atoms with Crippen LogP contribution in [0.3, 0.4) is 0 Å². The number of hydrogen-bond acceptors (Lipinski definition) is 9. The number of amides is 3. The number of carbonyl (C=O) groups is 4. The highest BCUT2D eigenvalue weighted by molar-refractivity contribution is 8.18. The third kappa shape index (κ3) is 7.96. The summed E-state index contributed by atoms with van der Waals surface area (Å²) >= 11 is 2.27. The SMILES string of the molecule is C#CCN(CC(=O)CCCCn1c(Sc2ccc(/C=C3\SC(=O)N(C(C)C)C3=O)o2)nc2ccccc21)C(=O)CCC1(C)C=N1. The van der Waals surface area contributed by atoms with Gasteiger partial charge in [-0.05, 0) is 87.8 Å². The van der Waals surface area contributed by atoms with Crippen LogP contribution in [0.2, 0.25) is 0 Å². The molecule has 0 aliphatic carbocycles. The standard InChI is InChI=1S/C33H35N5O5S2/c1-5-17-36(28(40)15-16-33(4)21-34-33)20-23(39)10-8-9-18-37-26-12-7-6-11-25(26)35-31(37)45-29-14-13-24(43-29)19-27-30(41)38(22(2)3)32(42)44-27/h1,6-7,11-14,19,21-22H,8-10,15-18,20H2,2-4H3/b27-19-. The number of hydrogen-bond donors (Lipinski definition) is 0. The summed E-state index contributed by atoms with van der Waals surface area (Å²) in [6.07, 6.45) is 11.5. The minimum atomic E-state index is -0.320. The molecule has 10 nitrogen and oxygen atoms in total. The summed E-state index contributed by atoms with van der Waals surface area (Å²) in [6, 6.07) is 11.2. The van der Waals surface area contributed by atoms with Gasteiger partial charge in [-0.3, -0.25) is 29.1 Å². The molecule has 3 aromatic rings. The van der Waals surface area contributed by atoms with E-state index in [4.69, 9.17) is 15.8 Å². The van der Waals surface area contributed by atoms with Gasteiger partial charge in [0.2, 0.25) is 5.91 Å². The number of imidazole rings is 1. The second kappa shape index (κ2) is 13.9. The van der Waals surface area contributed by atoms with Crippen molar-refractivity contribution in [3.05, 3.63) is 47.1 Å². The van der Waals surface area contributed by atoms with Crippen LogP contribution in [-0.4, -0.2) is 73.1 Å². The number of benzene rings is 1. The van der Waals surface area contributed by atoms with Crippen LogP contribution < -0.4 is 0 Å². The molecule has 0 N–H and O–H groups in total. The number of nitrogens with zero attached hydrogens (tertiary/aromatic N) is 5. The highest BCUT2D eigenvalue weighted by atomic mass is 32.2. The van der Waals surface area contributed by atoms with E-state index in [-0.39, 0.29) is 47.5 Å². The van der Waals surface area contributed by atoms with Crippen molar-refractivity contribution in [2.45, 2.75) is 81.2 Å². The Balaban J connectivity index is 1.18. The molecule has 0 bridgehead atoms. The number of carbonyl (C=O) groups excluding carboxylic acids is 4. The quantitative estimate of drug-likeness (QED) is 0.111. The summed E-state index contributed by atoms with van der Waals surface area (Å²) < 4.78 is 8.10. The molecule has 12 heteroatoms. The molecule has 1 atom stereocenters. The lowest BCUT2D eigenvalue weighted by Gasteiger charge is -2.20. The molecule has 0 radical (unpaired) electrons. The molecule has 1 unspecified atom stereocenters. The summed E-state index contributed by atoms with van der Waals surface area (Å²) in [5.74, 6) is 2.50. The minimum Gasteiger partial charge on any atom is -0.450 e. The number of furan rings is 1. The number of para-hydroxylation sites is 2. The van der Waals surface area contributed by atoms with Gasteiger partial charge >= 0.3 is 0 Å². The number of terminal acetylenes is 1. The van der Waals surface area contributed by atoms with Gasteiger partial charge in [0.25, 0.3) is 11.1 Å². The maximum absolute atomic E-state index is 12.8. The van der Waals surface area contributed by atoms with Crippen LogP contribution in [0.15, 0.2) is 61.0 Å². The zero-order chi connectivity index (χ0) is 32.1. The first kappa shape index (κ1) is 32.3. The van der Waals surface area contributed by atoms with E-state index in [1.807, 2.05) is 43.5 Å². The zero-order valence-electron chi connectivity index (χ0n) is 25.5. The van der Waals surface area contributed by atoms with E-state index in [1.165, 1.54) is 21.6 Å². The largest absolute Gasteiger partial charge is 0.450 e. The summed E-state index contributed by atoms with van der Waals surface area (Å²) in [7, 11) is 0. The third-order valence-electron chi connectivity index (χ3n) is 7.53. The van der Waals surface area contributed by atoms with Crippen molar-refractivity contribution in [3.63, 3.8) is 0 Å². The smallest absolute Gasteiger partial charge is 0.293 e. The van der Waals surface area contributed by atoms with Crippen LogP contribution in [0.25, 0.3) is 17.1 Å². The Morgan fingerprint density at radius 3 is 2.67 bits per heavy atom. The minimum absolute atomic E-state index is 0.0144. The van der Waals surface area contributed by atoms with Crippen LogP contribution in [-0.2, 0) is 20.9 Å². The van der Waals surface area contributed by atoms with Crippen LogP contribution in [0.4, 0.5) is 4.79 Å². The van der Waals surface area contributed by atoms with E-state index in [9.17, 15) is 19.2 Å². The van der Waals surface area contributed by atoms with Crippen molar-refractivity contribution in [1.82, 2.24) is 19.4 Å². The average molecular weight is 646 g/mol. The number of unbranched alkanes of at least 4 members (excludes halogenated alkanes) is 1. The number of aliphatic imine (C=N–C) groups is 1. The highest BCUT2D eigenvalue weighted by Gasteiger charge is 2.37. The fraction of sp³-hybridized carbons (Fsp3) is 0.394. The van der Waals surface area contributed by atoms with E-state index >= 15 is 0 Å². The third-order valence-corrected chi connectivity index (χ3v) is 9.33. The molecule has 4 heterocycles. The van der Waals surface area contributed by atoms with E-state index in [1.54, 1.807) is 26.0 Å². The fourth-order valence-electron chi connectivity index (χ4n) is 4.94. The predicted molar refractivity (Wildman–Crippen MR) is 176 cm³/mol. The summed E-state index contributed by atoms with van der Waals surface area (Å²) in [5.41, 5.74) is 1.60. The van der Waals surface area contributed by atoms with Gasteiger partial charge in [-0.15, -0.1) is 6.42 Å². The molecule has 45 heavy (non-hydrogen) atoms. The van der Waals surface area contributed by atoms with Crippen molar-refractivity contribution in [2.24, 2.45) is 4.99 Å². The molecule has 0 spiro atoms. The van der Waals surface area contributed by atoms with Gasteiger partial charge in [-0.1, -0.05) is 18.1 Å². The van der Waals surface area contributed by atoms with Crippen molar-refractivity contribution in [1.29, 1.82) is 0 Å². The second-order valence-electron chi connectivity index (χ2n) is 11.5. The fourth-order valence-corrected chi connectivity index (χ4v) is 6.78. The van der Waals surface area contributed by atoms with Crippen molar-refractivity contribution in [2.75, 3.05) is 13.1 Å². The maximum atomic E-state index is 12.8. The lowest BCUT2D eigenvalue weighted by Crippen LogP contribution is -2.36. The Morgan fingerprint density at radius 1 is 1.18 bits per heavy atom. The van der Waals surface area contributed by atoms with Crippen molar-refractivity contribution in [3.8, 4) is 12.3 Å². The Labute approximate surface area is 270 Å². The van der Waals surface area contributed by atoms with E-state index in [0.29, 0.717) is 48.0 Å². The maximum Gasteiger partial charge on any atom is 0.293 e. The van der Waals surface area contributed by atoms with Crippen LogP contribution in [0.5, 0.6) is 0 Å². The first-order valence-corrected chi connectivity index (χ1v) is 16.5. The van der Waals surface area contributed by atoms with Gasteiger partial charge in [-0.25, -0.2) is 4.98 Å². The molecule has 1 fully saturated rings. The zero-order valence-corrected chi connectivity index (χ0v) is 27.2. The van der Waals surface area contributed by atoms with Gasteiger partial charge in [0.05, 0.1) is 34.6 Å². The van der Waals surface area contributed by atoms with Gasteiger partial charge in [0, 0.05) is 37.7 Å².